The standard InChI is InChI=1S/C23H22ClN3O6S/c1-16-7-8-19(27(29)30)13-22(16)25-23(28)15-33-20-11-9-18(10-12-20)26(34(2,31)32)14-17-5-3-4-6-21(17)24/h3-13H,14-15H2,1-2H3,(H,25,28). The summed E-state index contributed by atoms with van der Waals surface area (Å²) in [5, 5.41) is 14.0. The molecule has 0 unspecified atom stereocenters. The number of ether oxygens (including phenoxy) is 1. The molecule has 0 fully saturated rings. The first-order valence-corrected chi connectivity index (χ1v) is 12.3. The lowest BCUT2D eigenvalue weighted by Crippen LogP contribution is -2.29. The van der Waals surface area contributed by atoms with Crippen LogP contribution in [0.2, 0.25) is 5.02 Å². The zero-order valence-electron chi connectivity index (χ0n) is 18.4. The Morgan fingerprint density at radius 3 is 2.41 bits per heavy atom. The van der Waals surface area contributed by atoms with E-state index in [1.165, 1.54) is 16.4 Å². The Balaban J connectivity index is 1.67. The average molecular weight is 504 g/mol. The smallest absolute Gasteiger partial charge is 0.271 e. The highest BCUT2D eigenvalue weighted by atomic mass is 35.5. The first-order valence-electron chi connectivity index (χ1n) is 10.0. The van der Waals surface area contributed by atoms with E-state index in [-0.39, 0.29) is 18.8 Å². The van der Waals surface area contributed by atoms with Crippen molar-refractivity contribution in [3.63, 3.8) is 0 Å². The summed E-state index contributed by atoms with van der Waals surface area (Å²) in [6, 6.07) is 17.4. The molecule has 1 N–H and O–H groups in total. The van der Waals surface area contributed by atoms with Crippen LogP contribution in [0.25, 0.3) is 0 Å². The molecule has 1 amide bonds. The van der Waals surface area contributed by atoms with Crippen LogP contribution in [0, 0.1) is 17.0 Å². The Bertz CT molecular complexity index is 1310. The van der Waals surface area contributed by atoms with Gasteiger partial charge in [-0.2, -0.15) is 0 Å². The van der Waals surface area contributed by atoms with Gasteiger partial charge in [0.2, 0.25) is 10.0 Å². The Morgan fingerprint density at radius 1 is 1.12 bits per heavy atom. The number of carbonyl (C=O) groups excluding carboxylic acids is 1. The number of hydrogen-bond donors (Lipinski definition) is 1. The van der Waals surface area contributed by atoms with E-state index in [0.29, 0.717) is 33.3 Å². The van der Waals surface area contributed by atoms with Gasteiger partial charge in [-0.15, -0.1) is 0 Å². The van der Waals surface area contributed by atoms with Crippen LogP contribution in [0.15, 0.2) is 66.7 Å². The molecule has 0 atom stereocenters. The molecule has 0 aromatic heterocycles. The number of nitro benzene ring substituents is 1. The van der Waals surface area contributed by atoms with Crippen molar-refractivity contribution >= 4 is 44.6 Å². The van der Waals surface area contributed by atoms with E-state index in [4.69, 9.17) is 16.3 Å². The molecule has 0 saturated carbocycles. The normalized spacial score (nSPS) is 11.0. The fraction of sp³-hybridized carbons (Fsp3) is 0.174. The summed E-state index contributed by atoms with van der Waals surface area (Å²) in [5.41, 5.74) is 1.92. The van der Waals surface area contributed by atoms with Crippen molar-refractivity contribution in [2.45, 2.75) is 13.5 Å². The first kappa shape index (κ1) is 25.0. The Morgan fingerprint density at radius 2 is 1.79 bits per heavy atom. The summed E-state index contributed by atoms with van der Waals surface area (Å²) >= 11 is 6.18. The number of benzene rings is 3. The van der Waals surface area contributed by atoms with Gasteiger partial charge >= 0.3 is 0 Å². The van der Waals surface area contributed by atoms with Gasteiger partial charge in [0.05, 0.1) is 29.1 Å². The van der Waals surface area contributed by atoms with Crippen molar-refractivity contribution in [1.82, 2.24) is 0 Å². The highest BCUT2D eigenvalue weighted by Crippen LogP contribution is 2.26. The van der Waals surface area contributed by atoms with Gasteiger partial charge in [-0.3, -0.25) is 19.2 Å². The van der Waals surface area contributed by atoms with Gasteiger partial charge in [0, 0.05) is 17.2 Å². The van der Waals surface area contributed by atoms with Crippen molar-refractivity contribution in [2.75, 3.05) is 22.5 Å². The van der Waals surface area contributed by atoms with Crippen LogP contribution in [0.5, 0.6) is 5.75 Å². The Kier molecular flexibility index (Phi) is 7.75. The number of aryl methyl sites for hydroxylation is 1. The molecule has 3 aromatic rings. The lowest BCUT2D eigenvalue weighted by atomic mass is 10.2. The van der Waals surface area contributed by atoms with Gasteiger partial charge in [0.1, 0.15) is 5.75 Å². The summed E-state index contributed by atoms with van der Waals surface area (Å²) in [6.07, 6.45) is 1.11. The molecule has 3 rings (SSSR count). The van der Waals surface area contributed by atoms with Crippen LogP contribution in [-0.4, -0.2) is 32.1 Å². The second-order valence-electron chi connectivity index (χ2n) is 7.45. The molecule has 0 heterocycles. The van der Waals surface area contributed by atoms with Gasteiger partial charge in [-0.25, -0.2) is 8.42 Å². The fourth-order valence-electron chi connectivity index (χ4n) is 3.08. The van der Waals surface area contributed by atoms with Crippen molar-refractivity contribution in [3.8, 4) is 5.75 Å². The van der Waals surface area contributed by atoms with Crippen LogP contribution in [0.1, 0.15) is 11.1 Å². The first-order chi connectivity index (χ1) is 16.0. The largest absolute Gasteiger partial charge is 0.484 e. The summed E-state index contributed by atoms with van der Waals surface area (Å²) in [6.45, 7) is 1.44. The minimum Gasteiger partial charge on any atom is -0.484 e. The van der Waals surface area contributed by atoms with Gasteiger partial charge in [-0.05, 0) is 48.4 Å². The maximum atomic E-state index is 12.4. The number of nitrogens with one attached hydrogen (secondary N) is 1. The molecule has 0 aliphatic heterocycles. The van der Waals surface area contributed by atoms with E-state index in [2.05, 4.69) is 5.32 Å². The molecule has 0 saturated heterocycles. The van der Waals surface area contributed by atoms with Crippen molar-refractivity contribution in [1.29, 1.82) is 0 Å². The summed E-state index contributed by atoms with van der Waals surface area (Å²) < 4.78 is 31.4. The number of nitro groups is 1. The predicted molar refractivity (Wildman–Crippen MR) is 131 cm³/mol. The van der Waals surface area contributed by atoms with E-state index in [1.807, 2.05) is 0 Å². The summed E-state index contributed by atoms with van der Waals surface area (Å²) in [4.78, 5) is 22.6. The molecule has 34 heavy (non-hydrogen) atoms. The lowest BCUT2D eigenvalue weighted by molar-refractivity contribution is -0.384. The van der Waals surface area contributed by atoms with Crippen LogP contribution >= 0.6 is 11.6 Å². The number of carbonyl (C=O) groups is 1. The molecular formula is C23H22ClN3O6S. The second kappa shape index (κ2) is 10.5. The van der Waals surface area contributed by atoms with E-state index in [0.717, 1.165) is 6.26 Å². The zero-order chi connectivity index (χ0) is 24.9. The number of non-ortho nitro benzene ring substituents is 1. The molecule has 178 valence electrons. The van der Waals surface area contributed by atoms with Crippen molar-refractivity contribution in [2.24, 2.45) is 0 Å². The molecular weight excluding hydrogens is 482 g/mol. The fourth-order valence-corrected chi connectivity index (χ4v) is 4.16. The molecule has 11 heteroatoms. The van der Waals surface area contributed by atoms with Crippen molar-refractivity contribution in [3.05, 3.63) is 93.0 Å². The molecule has 3 aromatic carbocycles. The third-order valence-electron chi connectivity index (χ3n) is 4.87. The molecule has 0 bridgehead atoms. The quantitative estimate of drug-likeness (QED) is 0.338. The summed E-state index contributed by atoms with van der Waals surface area (Å²) in [5.74, 6) is -0.148. The highest BCUT2D eigenvalue weighted by molar-refractivity contribution is 7.92. The minimum atomic E-state index is -3.60. The van der Waals surface area contributed by atoms with Gasteiger partial charge in [0.15, 0.2) is 6.61 Å². The highest BCUT2D eigenvalue weighted by Gasteiger charge is 2.19. The number of sulfonamides is 1. The van der Waals surface area contributed by atoms with E-state index < -0.39 is 20.9 Å². The van der Waals surface area contributed by atoms with Crippen LogP contribution < -0.4 is 14.4 Å². The van der Waals surface area contributed by atoms with Crippen LogP contribution in [0.3, 0.4) is 0 Å². The number of anilines is 2. The summed E-state index contributed by atoms with van der Waals surface area (Å²) in [7, 11) is -3.60. The second-order valence-corrected chi connectivity index (χ2v) is 9.76. The lowest BCUT2D eigenvalue weighted by Gasteiger charge is -2.23. The number of rotatable bonds is 9. The monoisotopic (exact) mass is 503 g/mol. The Labute approximate surface area is 202 Å². The maximum Gasteiger partial charge on any atom is 0.271 e. The molecule has 0 aliphatic carbocycles. The van der Waals surface area contributed by atoms with Crippen LogP contribution in [-0.2, 0) is 21.4 Å². The van der Waals surface area contributed by atoms with Gasteiger partial charge in [-0.1, -0.05) is 35.9 Å². The number of nitrogens with zero attached hydrogens (tertiary/aromatic N) is 2. The number of amides is 1. The Hall–Kier alpha value is -3.63. The van der Waals surface area contributed by atoms with E-state index in [1.54, 1.807) is 61.5 Å². The molecule has 9 nitrogen and oxygen atoms in total. The number of halogens is 1. The maximum absolute atomic E-state index is 12.4. The molecule has 0 aliphatic rings. The van der Waals surface area contributed by atoms with Gasteiger partial charge in [0.25, 0.3) is 11.6 Å². The number of hydrogen-bond acceptors (Lipinski definition) is 6. The van der Waals surface area contributed by atoms with Crippen LogP contribution in [0.4, 0.5) is 17.1 Å². The average Bonchev–Trinajstić information content (AvgIpc) is 2.78. The van der Waals surface area contributed by atoms with E-state index in [9.17, 15) is 23.3 Å². The van der Waals surface area contributed by atoms with Gasteiger partial charge < -0.3 is 10.1 Å². The third kappa shape index (κ3) is 6.46. The zero-order valence-corrected chi connectivity index (χ0v) is 20.0. The van der Waals surface area contributed by atoms with Crippen molar-refractivity contribution < 1.29 is 22.9 Å². The molecule has 0 spiro atoms. The van der Waals surface area contributed by atoms with E-state index >= 15 is 0 Å². The topological polar surface area (TPSA) is 119 Å². The molecule has 0 radical (unpaired) electrons. The minimum absolute atomic E-state index is 0.0592. The third-order valence-corrected chi connectivity index (χ3v) is 6.38. The predicted octanol–water partition coefficient (Wildman–Crippen LogP) is 4.54. The SMILES string of the molecule is Cc1ccc([N+](=O)[O-])cc1NC(=O)COc1ccc(N(Cc2ccccc2Cl)S(C)(=O)=O)cc1.